The van der Waals surface area contributed by atoms with Crippen LogP contribution < -0.4 is 0 Å². The van der Waals surface area contributed by atoms with Gasteiger partial charge in [-0.25, -0.2) is 0 Å². The summed E-state index contributed by atoms with van der Waals surface area (Å²) >= 11 is 1.97. The van der Waals surface area contributed by atoms with E-state index in [4.69, 9.17) is 0 Å². The molecule has 0 atom stereocenters. The van der Waals surface area contributed by atoms with Crippen LogP contribution in [0.1, 0.15) is 40.3 Å². The number of aromatic amines is 1. The summed E-state index contributed by atoms with van der Waals surface area (Å²) in [6.07, 6.45) is 1.12. The highest BCUT2D eigenvalue weighted by atomic mass is 32.2. The number of aromatic nitrogens is 1. The molecule has 1 aromatic heterocycles. The van der Waals surface area contributed by atoms with Crippen molar-refractivity contribution in [3.8, 4) is 0 Å². The molecule has 2 rings (SSSR count). The Morgan fingerprint density at radius 3 is 2.44 bits per heavy atom. The highest BCUT2D eigenvalue weighted by Crippen LogP contribution is 2.39. The zero-order valence-corrected chi connectivity index (χ0v) is 12.8. The molecular formula is C16H23NS. The maximum atomic E-state index is 3.60. The van der Waals surface area contributed by atoms with E-state index in [0.29, 0.717) is 5.92 Å². The van der Waals surface area contributed by atoms with Crippen LogP contribution in [0.4, 0.5) is 0 Å². The molecular weight excluding hydrogens is 238 g/mol. The first kappa shape index (κ1) is 13.5. The smallest absolute Gasteiger partial charge is 0.0467 e. The van der Waals surface area contributed by atoms with Crippen LogP contribution in [0.2, 0.25) is 0 Å². The Labute approximate surface area is 114 Å². The van der Waals surface area contributed by atoms with Gasteiger partial charge < -0.3 is 4.98 Å². The molecule has 1 aromatic carbocycles. The highest BCUT2D eigenvalue weighted by Gasteiger charge is 2.19. The Bertz CT molecular complexity index is 532. The highest BCUT2D eigenvalue weighted by molar-refractivity contribution is 8.00. The van der Waals surface area contributed by atoms with Crippen molar-refractivity contribution in [2.24, 2.45) is 5.92 Å². The molecule has 2 heteroatoms. The van der Waals surface area contributed by atoms with Crippen LogP contribution in [0.25, 0.3) is 10.9 Å². The normalized spacial score (nSPS) is 12.6. The standard InChI is InChI=1S/C16H23NS/c1-11(2)10-14-15(18-16(3,4)5)12-8-6-7-9-13(12)17-14/h6-9,11,17H,10H2,1-5H3. The minimum absolute atomic E-state index is 0.247. The van der Waals surface area contributed by atoms with Gasteiger partial charge in [0.25, 0.3) is 0 Å². The first-order chi connectivity index (χ1) is 8.37. The third kappa shape index (κ3) is 3.11. The zero-order chi connectivity index (χ0) is 13.3. The van der Waals surface area contributed by atoms with E-state index >= 15 is 0 Å². The van der Waals surface area contributed by atoms with Crippen LogP contribution in [-0.2, 0) is 6.42 Å². The maximum Gasteiger partial charge on any atom is 0.0467 e. The van der Waals surface area contributed by atoms with Gasteiger partial charge in [-0.1, -0.05) is 52.8 Å². The van der Waals surface area contributed by atoms with E-state index in [9.17, 15) is 0 Å². The van der Waals surface area contributed by atoms with Crippen molar-refractivity contribution >= 4 is 22.7 Å². The molecule has 0 aliphatic carbocycles. The Balaban J connectivity index is 2.50. The molecule has 0 spiro atoms. The zero-order valence-electron chi connectivity index (χ0n) is 12.0. The lowest BCUT2D eigenvalue weighted by atomic mass is 10.1. The van der Waals surface area contributed by atoms with Gasteiger partial charge in [-0.3, -0.25) is 0 Å². The third-order valence-electron chi connectivity index (χ3n) is 2.75. The SMILES string of the molecule is CC(C)Cc1[nH]c2ccccc2c1SC(C)(C)C. The van der Waals surface area contributed by atoms with Crippen LogP contribution in [0.15, 0.2) is 29.2 Å². The van der Waals surface area contributed by atoms with Crippen LogP contribution in [0, 0.1) is 5.92 Å². The molecule has 18 heavy (non-hydrogen) atoms. The fourth-order valence-electron chi connectivity index (χ4n) is 2.15. The summed E-state index contributed by atoms with van der Waals surface area (Å²) < 4.78 is 0.247. The van der Waals surface area contributed by atoms with Gasteiger partial charge in [-0.15, -0.1) is 11.8 Å². The van der Waals surface area contributed by atoms with Gasteiger partial charge in [0.2, 0.25) is 0 Å². The second-order valence-corrected chi connectivity index (χ2v) is 8.13. The number of para-hydroxylation sites is 1. The number of nitrogens with one attached hydrogen (secondary N) is 1. The second kappa shape index (κ2) is 5.00. The molecule has 98 valence electrons. The van der Waals surface area contributed by atoms with Crippen molar-refractivity contribution in [3.05, 3.63) is 30.0 Å². The molecule has 1 N–H and O–H groups in total. The minimum Gasteiger partial charge on any atom is -0.357 e. The lowest BCUT2D eigenvalue weighted by Crippen LogP contribution is -2.07. The summed E-state index contributed by atoms with van der Waals surface area (Å²) in [6.45, 7) is 11.4. The summed E-state index contributed by atoms with van der Waals surface area (Å²) in [6, 6.07) is 8.63. The fraction of sp³-hybridized carbons (Fsp3) is 0.500. The van der Waals surface area contributed by atoms with Gasteiger partial charge in [-0.05, 0) is 18.4 Å². The summed E-state index contributed by atoms with van der Waals surface area (Å²) in [5, 5.41) is 1.37. The molecule has 0 unspecified atom stereocenters. The van der Waals surface area contributed by atoms with Gasteiger partial charge in [0.05, 0.1) is 0 Å². The second-order valence-electron chi connectivity index (χ2n) is 6.29. The van der Waals surface area contributed by atoms with Gasteiger partial charge in [-0.2, -0.15) is 0 Å². The third-order valence-corrected chi connectivity index (χ3v) is 4.03. The number of thioether (sulfide) groups is 1. The van der Waals surface area contributed by atoms with Crippen molar-refractivity contribution in [3.63, 3.8) is 0 Å². The van der Waals surface area contributed by atoms with Crippen LogP contribution in [-0.4, -0.2) is 9.73 Å². The van der Waals surface area contributed by atoms with Gasteiger partial charge in [0, 0.05) is 26.2 Å². The first-order valence-corrected chi connectivity index (χ1v) is 7.47. The molecule has 0 saturated carbocycles. The summed E-state index contributed by atoms with van der Waals surface area (Å²) in [5.74, 6) is 0.678. The summed E-state index contributed by atoms with van der Waals surface area (Å²) in [4.78, 5) is 5.03. The molecule has 0 aliphatic rings. The van der Waals surface area contributed by atoms with Crippen LogP contribution in [0.5, 0.6) is 0 Å². The van der Waals surface area contributed by atoms with Crippen LogP contribution in [0.3, 0.4) is 0 Å². The maximum absolute atomic E-state index is 3.60. The lowest BCUT2D eigenvalue weighted by Gasteiger charge is -2.18. The van der Waals surface area contributed by atoms with E-state index in [1.807, 2.05) is 11.8 Å². The number of hydrogen-bond acceptors (Lipinski definition) is 1. The average molecular weight is 261 g/mol. The van der Waals surface area contributed by atoms with Gasteiger partial charge in [0.15, 0.2) is 0 Å². The number of benzene rings is 1. The van der Waals surface area contributed by atoms with E-state index in [-0.39, 0.29) is 4.75 Å². The Hall–Kier alpha value is -0.890. The Morgan fingerprint density at radius 2 is 1.83 bits per heavy atom. The molecule has 0 fully saturated rings. The number of H-pyrrole nitrogens is 1. The quantitative estimate of drug-likeness (QED) is 0.745. The van der Waals surface area contributed by atoms with Crippen molar-refractivity contribution in [2.45, 2.75) is 50.7 Å². The summed E-state index contributed by atoms with van der Waals surface area (Å²) in [7, 11) is 0. The largest absolute Gasteiger partial charge is 0.357 e. The van der Waals surface area contributed by atoms with Crippen molar-refractivity contribution in [2.75, 3.05) is 0 Å². The van der Waals surface area contributed by atoms with E-state index in [1.165, 1.54) is 21.5 Å². The Morgan fingerprint density at radius 1 is 1.17 bits per heavy atom. The molecule has 0 saturated heterocycles. The molecule has 0 amide bonds. The van der Waals surface area contributed by atoms with E-state index in [1.54, 1.807) is 0 Å². The van der Waals surface area contributed by atoms with E-state index in [2.05, 4.69) is 63.9 Å². The van der Waals surface area contributed by atoms with Crippen LogP contribution >= 0.6 is 11.8 Å². The van der Waals surface area contributed by atoms with E-state index in [0.717, 1.165) is 6.42 Å². The predicted molar refractivity (Wildman–Crippen MR) is 82.5 cm³/mol. The van der Waals surface area contributed by atoms with E-state index < -0.39 is 0 Å². The van der Waals surface area contributed by atoms with Gasteiger partial charge >= 0.3 is 0 Å². The molecule has 1 nitrogen and oxygen atoms in total. The van der Waals surface area contributed by atoms with Crippen molar-refractivity contribution in [1.29, 1.82) is 0 Å². The molecule has 0 radical (unpaired) electrons. The number of rotatable bonds is 3. The number of fused-ring (bicyclic) bond motifs is 1. The predicted octanol–water partition coefficient (Wildman–Crippen LogP) is 5.26. The lowest BCUT2D eigenvalue weighted by molar-refractivity contribution is 0.631. The minimum atomic E-state index is 0.247. The molecule has 0 aliphatic heterocycles. The fourth-order valence-corrected chi connectivity index (χ4v) is 3.30. The topological polar surface area (TPSA) is 15.8 Å². The Kier molecular flexibility index (Phi) is 3.76. The molecule has 2 aromatic rings. The van der Waals surface area contributed by atoms with Gasteiger partial charge in [0.1, 0.15) is 0 Å². The summed E-state index contributed by atoms with van der Waals surface area (Å²) in [5.41, 5.74) is 2.66. The monoisotopic (exact) mass is 261 g/mol. The average Bonchev–Trinajstić information content (AvgIpc) is 2.54. The van der Waals surface area contributed by atoms with Crippen molar-refractivity contribution in [1.82, 2.24) is 4.98 Å². The molecule has 0 bridgehead atoms. The first-order valence-electron chi connectivity index (χ1n) is 6.65. The van der Waals surface area contributed by atoms with Crippen molar-refractivity contribution < 1.29 is 0 Å². The number of hydrogen-bond donors (Lipinski definition) is 1. The molecule has 1 heterocycles.